The van der Waals surface area contributed by atoms with Gasteiger partial charge in [0.1, 0.15) is 5.75 Å². The van der Waals surface area contributed by atoms with Crippen molar-refractivity contribution < 1.29 is 4.74 Å². The Hall–Kier alpha value is -1.36. The summed E-state index contributed by atoms with van der Waals surface area (Å²) >= 11 is 1.85. The molecular formula is C18H31N3OS. The quantitative estimate of drug-likeness (QED) is 0.561. The van der Waals surface area contributed by atoms with E-state index in [-0.39, 0.29) is 10.9 Å². The predicted octanol–water partition coefficient (Wildman–Crippen LogP) is 3.67. The zero-order valence-corrected chi connectivity index (χ0v) is 16.1. The minimum atomic E-state index is 0.182. The Morgan fingerprint density at radius 2 is 2.04 bits per heavy atom. The molecule has 0 aliphatic carbocycles. The summed E-state index contributed by atoms with van der Waals surface area (Å²) < 4.78 is 5.92. The van der Waals surface area contributed by atoms with Crippen molar-refractivity contribution in [2.24, 2.45) is 4.99 Å². The highest BCUT2D eigenvalue weighted by molar-refractivity contribution is 7.99. The zero-order valence-electron chi connectivity index (χ0n) is 15.3. The standard InChI is InChI=1S/C18H31N3OS/c1-7-19-17(21-13-18(4,5)23-6)20-12-15-9-8-10-16(11-15)22-14(2)3/h8-11,14H,7,12-13H2,1-6H3,(H2,19,20,21). The molecule has 2 N–H and O–H groups in total. The van der Waals surface area contributed by atoms with E-state index in [2.05, 4.69) is 54.8 Å². The maximum absolute atomic E-state index is 5.73. The van der Waals surface area contributed by atoms with Crippen LogP contribution in [0.3, 0.4) is 0 Å². The number of thioether (sulfide) groups is 1. The Kier molecular flexibility index (Phi) is 8.31. The summed E-state index contributed by atoms with van der Waals surface area (Å²) in [6.45, 7) is 12.9. The van der Waals surface area contributed by atoms with E-state index in [1.54, 1.807) is 0 Å². The summed E-state index contributed by atoms with van der Waals surface area (Å²) in [6.07, 6.45) is 2.31. The van der Waals surface area contributed by atoms with Crippen molar-refractivity contribution in [2.45, 2.75) is 52.0 Å². The molecule has 1 rings (SSSR count). The predicted molar refractivity (Wildman–Crippen MR) is 103 cm³/mol. The Balaban J connectivity index is 2.69. The number of guanidine groups is 1. The van der Waals surface area contributed by atoms with Gasteiger partial charge < -0.3 is 15.4 Å². The molecule has 0 aromatic heterocycles. The van der Waals surface area contributed by atoms with Gasteiger partial charge in [0.15, 0.2) is 5.96 Å². The molecule has 0 unspecified atom stereocenters. The molecule has 5 heteroatoms. The molecule has 1 aromatic carbocycles. The average Bonchev–Trinajstić information content (AvgIpc) is 2.50. The molecule has 0 aliphatic rings. The number of nitrogens with zero attached hydrogens (tertiary/aromatic N) is 1. The first-order valence-electron chi connectivity index (χ1n) is 8.19. The van der Waals surface area contributed by atoms with Gasteiger partial charge in [-0.2, -0.15) is 11.8 Å². The number of hydrogen-bond donors (Lipinski definition) is 2. The van der Waals surface area contributed by atoms with Gasteiger partial charge in [0, 0.05) is 17.8 Å². The van der Waals surface area contributed by atoms with E-state index in [1.807, 2.05) is 37.7 Å². The molecule has 0 fully saturated rings. The second-order valence-electron chi connectivity index (χ2n) is 6.33. The van der Waals surface area contributed by atoms with Gasteiger partial charge in [0.2, 0.25) is 0 Å². The van der Waals surface area contributed by atoms with Crippen molar-refractivity contribution in [2.75, 3.05) is 19.3 Å². The van der Waals surface area contributed by atoms with E-state index in [4.69, 9.17) is 4.74 Å². The van der Waals surface area contributed by atoms with Crippen LogP contribution in [-0.2, 0) is 6.54 Å². The lowest BCUT2D eigenvalue weighted by atomic mass is 10.2. The van der Waals surface area contributed by atoms with Crippen molar-refractivity contribution in [3.63, 3.8) is 0 Å². The van der Waals surface area contributed by atoms with Gasteiger partial charge in [-0.25, -0.2) is 4.99 Å². The van der Waals surface area contributed by atoms with E-state index in [0.29, 0.717) is 6.54 Å². The molecule has 0 aliphatic heterocycles. The highest BCUT2D eigenvalue weighted by Crippen LogP contribution is 2.19. The highest BCUT2D eigenvalue weighted by atomic mass is 32.2. The third-order valence-corrected chi connectivity index (χ3v) is 4.52. The lowest BCUT2D eigenvalue weighted by molar-refractivity contribution is 0.242. The van der Waals surface area contributed by atoms with Gasteiger partial charge in [-0.3, -0.25) is 0 Å². The maximum atomic E-state index is 5.73. The summed E-state index contributed by atoms with van der Waals surface area (Å²) in [5, 5.41) is 6.71. The van der Waals surface area contributed by atoms with Gasteiger partial charge in [0.25, 0.3) is 0 Å². The van der Waals surface area contributed by atoms with Crippen LogP contribution in [0.4, 0.5) is 0 Å². The Morgan fingerprint density at radius 3 is 2.65 bits per heavy atom. The van der Waals surface area contributed by atoms with Crippen LogP contribution in [0, 0.1) is 0 Å². The lowest BCUT2D eigenvalue weighted by Crippen LogP contribution is -2.43. The van der Waals surface area contributed by atoms with Gasteiger partial charge in [0.05, 0.1) is 12.6 Å². The molecule has 23 heavy (non-hydrogen) atoms. The Labute approximate surface area is 145 Å². The molecule has 0 saturated carbocycles. The van der Waals surface area contributed by atoms with Crippen LogP contribution in [0.25, 0.3) is 0 Å². The molecule has 0 amide bonds. The summed E-state index contributed by atoms with van der Waals surface area (Å²) in [5.41, 5.74) is 1.14. The number of ether oxygens (including phenoxy) is 1. The number of benzene rings is 1. The van der Waals surface area contributed by atoms with Crippen molar-refractivity contribution in [3.8, 4) is 5.75 Å². The summed E-state index contributed by atoms with van der Waals surface area (Å²) in [5.74, 6) is 1.75. The fraction of sp³-hybridized carbons (Fsp3) is 0.611. The third kappa shape index (κ3) is 8.16. The normalized spacial score (nSPS) is 12.4. The number of nitrogens with one attached hydrogen (secondary N) is 2. The molecule has 0 atom stereocenters. The van der Waals surface area contributed by atoms with Crippen molar-refractivity contribution in [1.82, 2.24) is 10.6 Å². The molecule has 0 spiro atoms. The van der Waals surface area contributed by atoms with E-state index in [0.717, 1.165) is 30.4 Å². The minimum absolute atomic E-state index is 0.182. The fourth-order valence-electron chi connectivity index (χ4n) is 1.87. The number of aliphatic imine (C=N–C) groups is 1. The van der Waals surface area contributed by atoms with Crippen LogP contribution in [0.2, 0.25) is 0 Å². The van der Waals surface area contributed by atoms with Crippen LogP contribution in [0.15, 0.2) is 29.3 Å². The first-order chi connectivity index (χ1) is 10.9. The second-order valence-corrected chi connectivity index (χ2v) is 7.84. The summed E-state index contributed by atoms with van der Waals surface area (Å²) in [4.78, 5) is 4.67. The second kappa shape index (κ2) is 9.71. The Bertz CT molecular complexity index is 501. The fourth-order valence-corrected chi connectivity index (χ4v) is 2.09. The molecule has 0 bridgehead atoms. The largest absolute Gasteiger partial charge is 0.491 e. The maximum Gasteiger partial charge on any atom is 0.191 e. The third-order valence-electron chi connectivity index (χ3n) is 3.27. The van der Waals surface area contributed by atoms with Crippen LogP contribution >= 0.6 is 11.8 Å². The zero-order chi connectivity index (χ0) is 17.3. The highest BCUT2D eigenvalue weighted by Gasteiger charge is 2.16. The van der Waals surface area contributed by atoms with Gasteiger partial charge >= 0.3 is 0 Å². The van der Waals surface area contributed by atoms with Crippen LogP contribution in [0.1, 0.15) is 40.2 Å². The molecule has 4 nitrogen and oxygen atoms in total. The smallest absolute Gasteiger partial charge is 0.191 e. The van der Waals surface area contributed by atoms with Crippen molar-refractivity contribution in [3.05, 3.63) is 29.8 Å². The van der Waals surface area contributed by atoms with E-state index in [9.17, 15) is 0 Å². The number of rotatable bonds is 8. The molecule has 1 aromatic rings. The van der Waals surface area contributed by atoms with E-state index < -0.39 is 0 Å². The van der Waals surface area contributed by atoms with Gasteiger partial charge in [-0.05, 0) is 58.6 Å². The minimum Gasteiger partial charge on any atom is -0.491 e. The molecular weight excluding hydrogens is 306 g/mol. The van der Waals surface area contributed by atoms with Crippen LogP contribution in [0.5, 0.6) is 5.75 Å². The molecule has 0 saturated heterocycles. The first-order valence-corrected chi connectivity index (χ1v) is 9.41. The molecule has 0 heterocycles. The topological polar surface area (TPSA) is 45.7 Å². The van der Waals surface area contributed by atoms with E-state index in [1.165, 1.54) is 0 Å². The molecule has 130 valence electrons. The summed E-state index contributed by atoms with van der Waals surface area (Å²) in [6, 6.07) is 8.13. The average molecular weight is 338 g/mol. The molecule has 0 radical (unpaired) electrons. The lowest BCUT2D eigenvalue weighted by Gasteiger charge is -2.23. The van der Waals surface area contributed by atoms with Crippen molar-refractivity contribution in [1.29, 1.82) is 0 Å². The van der Waals surface area contributed by atoms with Gasteiger partial charge in [-0.1, -0.05) is 12.1 Å². The van der Waals surface area contributed by atoms with Crippen LogP contribution < -0.4 is 15.4 Å². The monoisotopic (exact) mass is 337 g/mol. The SMILES string of the molecule is CCNC(=NCc1cccc(OC(C)C)c1)NCC(C)(C)SC. The Morgan fingerprint density at radius 1 is 1.30 bits per heavy atom. The summed E-state index contributed by atoms with van der Waals surface area (Å²) in [7, 11) is 0. The van der Waals surface area contributed by atoms with E-state index >= 15 is 0 Å². The van der Waals surface area contributed by atoms with Gasteiger partial charge in [-0.15, -0.1) is 0 Å². The first kappa shape index (κ1) is 19.7. The van der Waals surface area contributed by atoms with Crippen LogP contribution in [-0.4, -0.2) is 36.2 Å². The number of hydrogen-bond acceptors (Lipinski definition) is 3. The van der Waals surface area contributed by atoms with Crippen molar-refractivity contribution >= 4 is 17.7 Å².